The Labute approximate surface area is 106 Å². The van der Waals surface area contributed by atoms with E-state index in [2.05, 4.69) is 11.0 Å². The maximum Gasteiger partial charge on any atom is 0.0634 e. The van der Waals surface area contributed by atoms with Crippen LogP contribution in [0, 0.1) is 0 Å². The zero-order chi connectivity index (χ0) is 11.4. The molecule has 1 aromatic carbocycles. The van der Waals surface area contributed by atoms with Crippen LogP contribution in [0.3, 0.4) is 0 Å². The van der Waals surface area contributed by atoms with E-state index >= 15 is 0 Å². The Balaban J connectivity index is 2.02. The van der Waals surface area contributed by atoms with Crippen molar-refractivity contribution in [2.24, 2.45) is 0 Å². The molecule has 1 aromatic rings. The third-order valence-corrected chi connectivity index (χ3v) is 3.39. The van der Waals surface area contributed by atoms with E-state index in [-0.39, 0.29) is 0 Å². The summed E-state index contributed by atoms with van der Waals surface area (Å²) in [7, 11) is 0. The lowest BCUT2D eigenvalue weighted by Gasteiger charge is -2.34. The van der Waals surface area contributed by atoms with Gasteiger partial charge in [-0.05, 0) is 17.7 Å². The van der Waals surface area contributed by atoms with Crippen molar-refractivity contribution in [2.45, 2.75) is 12.6 Å². The molecule has 0 aliphatic carbocycles. The fraction of sp³-hybridized carbons (Fsp3) is 0.500. The second-order valence-corrected chi connectivity index (χ2v) is 4.73. The Hall–Kier alpha value is -0.280. The van der Waals surface area contributed by atoms with Gasteiger partial charge < -0.3 is 4.74 Å². The maximum absolute atomic E-state index is 5.96. The van der Waals surface area contributed by atoms with E-state index in [9.17, 15) is 0 Å². The summed E-state index contributed by atoms with van der Waals surface area (Å²) in [5.74, 6) is 0.612. The second-order valence-electron chi connectivity index (χ2n) is 3.98. The SMILES string of the molecule is ClCC1COCCN1Cc1cccc(Cl)c1. The first-order valence-corrected chi connectivity index (χ1v) is 6.33. The summed E-state index contributed by atoms with van der Waals surface area (Å²) >= 11 is 11.9. The predicted octanol–water partition coefficient (Wildman–Crippen LogP) is 2.78. The van der Waals surface area contributed by atoms with Crippen molar-refractivity contribution >= 4 is 23.2 Å². The van der Waals surface area contributed by atoms with Gasteiger partial charge in [0.25, 0.3) is 0 Å². The molecular weight excluding hydrogens is 245 g/mol. The average molecular weight is 260 g/mol. The number of benzene rings is 1. The zero-order valence-corrected chi connectivity index (χ0v) is 10.5. The normalized spacial score (nSPS) is 22.2. The van der Waals surface area contributed by atoms with Gasteiger partial charge >= 0.3 is 0 Å². The van der Waals surface area contributed by atoms with Crippen molar-refractivity contribution in [3.63, 3.8) is 0 Å². The minimum atomic E-state index is 0.314. The van der Waals surface area contributed by atoms with E-state index in [1.807, 2.05) is 18.2 Å². The van der Waals surface area contributed by atoms with Crippen LogP contribution in [0.4, 0.5) is 0 Å². The third kappa shape index (κ3) is 3.11. The Morgan fingerprint density at radius 3 is 3.06 bits per heavy atom. The van der Waals surface area contributed by atoms with Crippen LogP contribution in [0.5, 0.6) is 0 Å². The van der Waals surface area contributed by atoms with Crippen LogP contribution >= 0.6 is 23.2 Å². The van der Waals surface area contributed by atoms with Gasteiger partial charge in [-0.1, -0.05) is 23.7 Å². The summed E-state index contributed by atoms with van der Waals surface area (Å²) in [5, 5.41) is 0.785. The van der Waals surface area contributed by atoms with Gasteiger partial charge in [-0.2, -0.15) is 0 Å². The van der Waals surface area contributed by atoms with E-state index in [4.69, 9.17) is 27.9 Å². The summed E-state index contributed by atoms with van der Waals surface area (Å²) < 4.78 is 5.41. The zero-order valence-electron chi connectivity index (χ0n) is 9.03. The molecule has 1 atom stereocenters. The monoisotopic (exact) mass is 259 g/mol. The highest BCUT2D eigenvalue weighted by Gasteiger charge is 2.21. The van der Waals surface area contributed by atoms with Gasteiger partial charge in [0, 0.05) is 30.0 Å². The first-order valence-electron chi connectivity index (χ1n) is 5.42. The first kappa shape index (κ1) is 12.2. The van der Waals surface area contributed by atoms with Crippen LogP contribution in [0.2, 0.25) is 5.02 Å². The fourth-order valence-electron chi connectivity index (χ4n) is 1.91. The predicted molar refractivity (Wildman–Crippen MR) is 67.2 cm³/mol. The van der Waals surface area contributed by atoms with Crippen LogP contribution < -0.4 is 0 Å². The molecule has 16 heavy (non-hydrogen) atoms. The Kier molecular flexibility index (Phi) is 4.47. The molecular formula is C12H15Cl2NO. The number of hydrogen-bond donors (Lipinski definition) is 0. The second kappa shape index (κ2) is 5.87. The molecule has 0 amide bonds. The molecule has 1 aliphatic heterocycles. The van der Waals surface area contributed by atoms with Crippen LogP contribution in [-0.2, 0) is 11.3 Å². The van der Waals surface area contributed by atoms with E-state index in [0.29, 0.717) is 11.9 Å². The number of alkyl halides is 1. The van der Waals surface area contributed by atoms with Gasteiger partial charge in [-0.25, -0.2) is 0 Å². The van der Waals surface area contributed by atoms with Crippen LogP contribution in [0.1, 0.15) is 5.56 Å². The van der Waals surface area contributed by atoms with Crippen molar-refractivity contribution in [2.75, 3.05) is 25.6 Å². The average Bonchev–Trinajstić information content (AvgIpc) is 2.30. The first-order chi connectivity index (χ1) is 7.79. The summed E-state index contributed by atoms with van der Waals surface area (Å²) in [6, 6.07) is 8.28. The maximum atomic E-state index is 5.96. The van der Waals surface area contributed by atoms with E-state index in [1.54, 1.807) is 0 Å². The van der Waals surface area contributed by atoms with Crippen molar-refractivity contribution in [3.05, 3.63) is 34.9 Å². The smallest absolute Gasteiger partial charge is 0.0634 e. The molecule has 2 rings (SSSR count). The molecule has 88 valence electrons. The van der Waals surface area contributed by atoms with Gasteiger partial charge in [-0.15, -0.1) is 11.6 Å². The molecule has 1 fully saturated rings. The lowest BCUT2D eigenvalue weighted by Crippen LogP contribution is -2.45. The Morgan fingerprint density at radius 2 is 2.31 bits per heavy atom. The van der Waals surface area contributed by atoms with Crippen molar-refractivity contribution in [3.8, 4) is 0 Å². The Bertz CT molecular complexity index is 346. The van der Waals surface area contributed by atoms with Crippen LogP contribution in [0.15, 0.2) is 24.3 Å². The standard InChI is InChI=1S/C12H15Cl2NO/c13-7-12-9-16-5-4-15(12)8-10-2-1-3-11(14)6-10/h1-3,6,12H,4-5,7-9H2. The molecule has 0 radical (unpaired) electrons. The van der Waals surface area contributed by atoms with E-state index in [0.717, 1.165) is 31.3 Å². The lowest BCUT2D eigenvalue weighted by molar-refractivity contribution is -0.00303. The molecule has 0 N–H and O–H groups in total. The minimum Gasteiger partial charge on any atom is -0.378 e. The van der Waals surface area contributed by atoms with E-state index < -0.39 is 0 Å². The number of morpholine rings is 1. The molecule has 0 saturated carbocycles. The summed E-state index contributed by atoms with van der Waals surface area (Å²) in [6.45, 7) is 3.34. The number of halogens is 2. The van der Waals surface area contributed by atoms with Crippen molar-refractivity contribution < 1.29 is 4.74 Å². The molecule has 1 unspecified atom stereocenters. The lowest BCUT2D eigenvalue weighted by atomic mass is 10.1. The van der Waals surface area contributed by atoms with Crippen LogP contribution in [-0.4, -0.2) is 36.6 Å². The highest BCUT2D eigenvalue weighted by Crippen LogP contribution is 2.16. The number of rotatable bonds is 3. The molecule has 1 aliphatic rings. The number of hydrogen-bond acceptors (Lipinski definition) is 2. The molecule has 0 aromatic heterocycles. The minimum absolute atomic E-state index is 0.314. The quantitative estimate of drug-likeness (QED) is 0.775. The number of ether oxygens (including phenoxy) is 1. The molecule has 4 heteroatoms. The highest BCUT2D eigenvalue weighted by atomic mass is 35.5. The third-order valence-electron chi connectivity index (χ3n) is 2.80. The topological polar surface area (TPSA) is 12.5 Å². The van der Waals surface area contributed by atoms with Crippen molar-refractivity contribution in [1.82, 2.24) is 4.90 Å². The van der Waals surface area contributed by atoms with Gasteiger partial charge in [0.1, 0.15) is 0 Å². The summed E-state index contributed by atoms with van der Waals surface area (Å²) in [4.78, 5) is 2.35. The highest BCUT2D eigenvalue weighted by molar-refractivity contribution is 6.30. The van der Waals surface area contributed by atoms with E-state index in [1.165, 1.54) is 5.56 Å². The fourth-order valence-corrected chi connectivity index (χ4v) is 2.41. The van der Waals surface area contributed by atoms with Gasteiger partial charge in [-0.3, -0.25) is 4.90 Å². The molecule has 0 bridgehead atoms. The molecule has 1 heterocycles. The van der Waals surface area contributed by atoms with Crippen molar-refractivity contribution in [1.29, 1.82) is 0 Å². The molecule has 1 saturated heterocycles. The Morgan fingerprint density at radius 1 is 1.44 bits per heavy atom. The van der Waals surface area contributed by atoms with Crippen LogP contribution in [0.25, 0.3) is 0 Å². The van der Waals surface area contributed by atoms with Gasteiger partial charge in [0.05, 0.1) is 13.2 Å². The largest absolute Gasteiger partial charge is 0.378 e. The summed E-state index contributed by atoms with van der Waals surface area (Å²) in [6.07, 6.45) is 0. The van der Waals surface area contributed by atoms with Gasteiger partial charge in [0.15, 0.2) is 0 Å². The summed E-state index contributed by atoms with van der Waals surface area (Å²) in [5.41, 5.74) is 1.23. The molecule has 2 nitrogen and oxygen atoms in total. The van der Waals surface area contributed by atoms with Gasteiger partial charge in [0.2, 0.25) is 0 Å². The molecule has 0 spiro atoms. The number of nitrogens with zero attached hydrogens (tertiary/aromatic N) is 1.